The van der Waals surface area contributed by atoms with E-state index in [0.717, 1.165) is 17.1 Å². The fourth-order valence-corrected chi connectivity index (χ4v) is 2.29. The predicted octanol–water partition coefficient (Wildman–Crippen LogP) is 1.96. The number of aryl methyl sites for hydroxylation is 1. The van der Waals surface area contributed by atoms with Crippen LogP contribution in [0, 0.1) is 6.92 Å². The number of nitrogens with one attached hydrogen (secondary N) is 1. The summed E-state index contributed by atoms with van der Waals surface area (Å²) in [6.07, 6.45) is 0. The van der Waals surface area contributed by atoms with Crippen molar-refractivity contribution in [1.82, 2.24) is 10.2 Å². The molecule has 3 rings (SSSR count). The Morgan fingerprint density at radius 3 is 2.56 bits per heavy atom. The third-order valence-corrected chi connectivity index (χ3v) is 3.31. The molecule has 0 aliphatic carbocycles. The van der Waals surface area contributed by atoms with Gasteiger partial charge in [0.05, 0.1) is 11.3 Å². The van der Waals surface area contributed by atoms with Gasteiger partial charge in [-0.2, -0.15) is 5.10 Å². The zero-order valence-electron chi connectivity index (χ0n) is 10.6. The van der Waals surface area contributed by atoms with E-state index >= 15 is 0 Å². The van der Waals surface area contributed by atoms with Crippen LogP contribution in [0.4, 0.5) is 5.82 Å². The Balaban J connectivity index is 1.80. The summed E-state index contributed by atoms with van der Waals surface area (Å²) in [7, 11) is 0. The van der Waals surface area contributed by atoms with E-state index in [-0.39, 0.29) is 0 Å². The Kier molecular flexibility index (Phi) is 2.41. The van der Waals surface area contributed by atoms with Gasteiger partial charge in [-0.25, -0.2) is 0 Å². The van der Waals surface area contributed by atoms with Gasteiger partial charge >= 0.3 is 0 Å². The van der Waals surface area contributed by atoms with Crippen molar-refractivity contribution in [2.24, 2.45) is 0 Å². The van der Waals surface area contributed by atoms with Crippen LogP contribution in [0.3, 0.4) is 0 Å². The second kappa shape index (κ2) is 3.85. The molecule has 1 aliphatic rings. The minimum absolute atomic E-state index is 0.566. The summed E-state index contributed by atoms with van der Waals surface area (Å²) < 4.78 is 0. The molecular formula is C14H17N3O. The normalized spacial score (nSPS) is 17.6. The molecule has 1 aliphatic heterocycles. The van der Waals surface area contributed by atoms with Gasteiger partial charge in [0.1, 0.15) is 0 Å². The number of rotatable bonds is 2. The van der Waals surface area contributed by atoms with Crippen LogP contribution in [0.5, 0.6) is 0 Å². The van der Waals surface area contributed by atoms with E-state index in [1.165, 1.54) is 5.56 Å². The lowest BCUT2D eigenvalue weighted by Gasteiger charge is -2.44. The molecule has 1 fully saturated rings. The highest BCUT2D eigenvalue weighted by Crippen LogP contribution is 2.28. The molecule has 0 radical (unpaired) electrons. The molecule has 94 valence electrons. The molecule has 18 heavy (non-hydrogen) atoms. The van der Waals surface area contributed by atoms with Gasteiger partial charge in [0, 0.05) is 19.2 Å². The molecule has 0 spiro atoms. The van der Waals surface area contributed by atoms with Gasteiger partial charge in [-0.3, -0.25) is 5.10 Å². The van der Waals surface area contributed by atoms with E-state index < -0.39 is 5.60 Å². The second-order valence-electron chi connectivity index (χ2n) is 5.36. The highest BCUT2D eigenvalue weighted by atomic mass is 16.3. The highest BCUT2D eigenvalue weighted by molar-refractivity contribution is 5.64. The first-order valence-electron chi connectivity index (χ1n) is 6.13. The molecule has 1 aromatic heterocycles. The van der Waals surface area contributed by atoms with E-state index in [4.69, 9.17) is 0 Å². The lowest BCUT2D eigenvalue weighted by Crippen LogP contribution is -2.60. The third kappa shape index (κ3) is 1.99. The summed E-state index contributed by atoms with van der Waals surface area (Å²) in [5, 5.41) is 17.1. The number of H-pyrrole nitrogens is 1. The summed E-state index contributed by atoms with van der Waals surface area (Å²) in [6, 6.07) is 10.4. The van der Waals surface area contributed by atoms with Crippen LogP contribution in [0.2, 0.25) is 0 Å². The van der Waals surface area contributed by atoms with Gasteiger partial charge in [-0.15, -0.1) is 0 Å². The Bertz CT molecular complexity index is 549. The number of benzene rings is 1. The minimum atomic E-state index is -0.566. The van der Waals surface area contributed by atoms with Crippen molar-refractivity contribution in [3.8, 4) is 11.3 Å². The van der Waals surface area contributed by atoms with E-state index in [1.807, 2.05) is 13.0 Å². The van der Waals surface area contributed by atoms with Crippen molar-refractivity contribution in [3.63, 3.8) is 0 Å². The number of β-amino-alcohol motifs (C(OH)–C–C–N with tert-alkyl or cyclic N) is 1. The third-order valence-electron chi connectivity index (χ3n) is 3.31. The Morgan fingerprint density at radius 1 is 1.28 bits per heavy atom. The number of nitrogens with zero attached hydrogens (tertiary/aromatic N) is 2. The maximum atomic E-state index is 9.72. The number of aliphatic hydroxyl groups is 1. The maximum Gasteiger partial charge on any atom is 0.151 e. The first kappa shape index (κ1) is 11.3. The van der Waals surface area contributed by atoms with Gasteiger partial charge in [0.15, 0.2) is 5.82 Å². The number of aromatic nitrogens is 2. The van der Waals surface area contributed by atoms with Crippen molar-refractivity contribution in [2.45, 2.75) is 19.4 Å². The zero-order valence-corrected chi connectivity index (χ0v) is 10.6. The number of hydrogen-bond acceptors (Lipinski definition) is 3. The first-order valence-corrected chi connectivity index (χ1v) is 6.13. The maximum absolute atomic E-state index is 9.72. The van der Waals surface area contributed by atoms with Gasteiger partial charge in [0.25, 0.3) is 0 Å². The topological polar surface area (TPSA) is 52.1 Å². The quantitative estimate of drug-likeness (QED) is 0.847. The van der Waals surface area contributed by atoms with Crippen LogP contribution in [0.25, 0.3) is 11.3 Å². The molecule has 0 bridgehead atoms. The highest BCUT2D eigenvalue weighted by Gasteiger charge is 2.37. The second-order valence-corrected chi connectivity index (χ2v) is 5.36. The fraction of sp³-hybridized carbons (Fsp3) is 0.357. The average molecular weight is 243 g/mol. The molecule has 4 nitrogen and oxygen atoms in total. The van der Waals surface area contributed by atoms with Crippen LogP contribution < -0.4 is 4.90 Å². The first-order chi connectivity index (χ1) is 8.53. The summed E-state index contributed by atoms with van der Waals surface area (Å²) in [6.45, 7) is 5.21. The van der Waals surface area contributed by atoms with Crippen LogP contribution in [0.1, 0.15) is 12.5 Å². The molecule has 0 amide bonds. The summed E-state index contributed by atoms with van der Waals surface area (Å²) in [4.78, 5) is 2.06. The van der Waals surface area contributed by atoms with Gasteiger partial charge < -0.3 is 10.0 Å². The smallest absolute Gasteiger partial charge is 0.151 e. The molecule has 0 saturated carbocycles. The lowest BCUT2D eigenvalue weighted by atomic mass is 9.97. The summed E-state index contributed by atoms with van der Waals surface area (Å²) in [5.74, 6) is 0.900. The van der Waals surface area contributed by atoms with E-state index in [0.29, 0.717) is 13.1 Å². The Labute approximate surface area is 106 Å². The average Bonchev–Trinajstić information content (AvgIpc) is 2.76. The Morgan fingerprint density at radius 2 is 1.94 bits per heavy atom. The van der Waals surface area contributed by atoms with E-state index in [2.05, 4.69) is 46.3 Å². The van der Waals surface area contributed by atoms with Gasteiger partial charge in [-0.1, -0.05) is 29.8 Å². The molecule has 0 atom stereocenters. The van der Waals surface area contributed by atoms with Crippen molar-refractivity contribution in [2.75, 3.05) is 18.0 Å². The molecule has 0 unspecified atom stereocenters. The fourth-order valence-electron chi connectivity index (χ4n) is 2.29. The van der Waals surface area contributed by atoms with Crippen molar-refractivity contribution >= 4 is 5.82 Å². The molecule has 1 saturated heterocycles. The van der Waals surface area contributed by atoms with Gasteiger partial charge in [0.2, 0.25) is 0 Å². The van der Waals surface area contributed by atoms with Crippen LogP contribution in [-0.2, 0) is 0 Å². The van der Waals surface area contributed by atoms with E-state index in [1.54, 1.807) is 0 Å². The van der Waals surface area contributed by atoms with Crippen LogP contribution in [-0.4, -0.2) is 34.0 Å². The summed E-state index contributed by atoms with van der Waals surface area (Å²) in [5.41, 5.74) is 2.82. The number of aromatic amines is 1. The van der Waals surface area contributed by atoms with Gasteiger partial charge in [-0.05, 0) is 19.4 Å². The Hall–Kier alpha value is -1.81. The molecule has 2 N–H and O–H groups in total. The van der Waals surface area contributed by atoms with Crippen LogP contribution in [0.15, 0.2) is 30.3 Å². The summed E-state index contributed by atoms with van der Waals surface area (Å²) >= 11 is 0. The van der Waals surface area contributed by atoms with Crippen molar-refractivity contribution in [3.05, 3.63) is 35.9 Å². The molecule has 2 aromatic rings. The number of anilines is 1. The molecule has 1 aromatic carbocycles. The van der Waals surface area contributed by atoms with Crippen molar-refractivity contribution in [1.29, 1.82) is 0 Å². The standard InChI is InChI=1S/C14H17N3O/c1-10-3-5-11(6-4-10)12-7-13(16-15-12)17-8-14(2,18)9-17/h3-7,18H,8-9H2,1-2H3,(H,15,16). The molecule has 2 heterocycles. The minimum Gasteiger partial charge on any atom is -0.386 e. The molecule has 4 heteroatoms. The van der Waals surface area contributed by atoms with E-state index in [9.17, 15) is 5.11 Å². The largest absolute Gasteiger partial charge is 0.386 e. The zero-order chi connectivity index (χ0) is 12.8. The van der Waals surface area contributed by atoms with Crippen LogP contribution >= 0.6 is 0 Å². The van der Waals surface area contributed by atoms with Crippen molar-refractivity contribution < 1.29 is 5.11 Å². The lowest BCUT2D eigenvalue weighted by molar-refractivity contribution is 0.0305. The number of hydrogen-bond donors (Lipinski definition) is 2. The monoisotopic (exact) mass is 243 g/mol. The molecular weight excluding hydrogens is 226 g/mol. The SMILES string of the molecule is Cc1ccc(-c2cc(N3CC(C)(O)C3)n[nH]2)cc1. The predicted molar refractivity (Wildman–Crippen MR) is 71.6 cm³/mol.